The van der Waals surface area contributed by atoms with Crippen LogP contribution in [0.1, 0.15) is 74.4 Å². The minimum absolute atomic E-state index is 0.203. The van der Waals surface area contributed by atoms with Gasteiger partial charge in [0.05, 0.1) is 10.9 Å². The molecule has 8 heteroatoms. The number of nitrogens with zero attached hydrogens (tertiary/aromatic N) is 2. The van der Waals surface area contributed by atoms with E-state index in [4.69, 9.17) is 0 Å². The van der Waals surface area contributed by atoms with E-state index in [0.29, 0.717) is 34.5 Å². The Kier molecular flexibility index (Phi) is 6.26. The molecule has 4 aliphatic carbocycles. The molecule has 1 aromatic heterocycles. The maximum absolute atomic E-state index is 13.7. The van der Waals surface area contributed by atoms with Gasteiger partial charge in [0.25, 0.3) is 5.56 Å². The van der Waals surface area contributed by atoms with Gasteiger partial charge in [-0.2, -0.15) is 0 Å². The average Bonchev–Trinajstić information content (AvgIpc) is 2.91. The summed E-state index contributed by atoms with van der Waals surface area (Å²) in [4.78, 5) is 42.5. The van der Waals surface area contributed by atoms with E-state index in [1.54, 1.807) is 6.92 Å². The molecule has 4 saturated carbocycles. The second kappa shape index (κ2) is 9.84. The Morgan fingerprint density at radius 3 is 2.23 bits per heavy atom. The lowest BCUT2D eigenvalue weighted by Gasteiger charge is -2.57. The Morgan fingerprint density at radius 2 is 1.57 bits per heavy atom. The summed E-state index contributed by atoms with van der Waals surface area (Å²) in [6.07, 6.45) is 8.93. The number of anilines is 1. The third kappa shape index (κ3) is 4.62. The van der Waals surface area contributed by atoms with E-state index >= 15 is 0 Å². The van der Waals surface area contributed by atoms with Crippen LogP contribution in [0.5, 0.6) is 0 Å². The fourth-order valence-corrected chi connectivity index (χ4v) is 8.39. The summed E-state index contributed by atoms with van der Waals surface area (Å²) < 4.78 is 1.43. The van der Waals surface area contributed by atoms with Crippen LogP contribution in [-0.4, -0.2) is 26.9 Å². The summed E-state index contributed by atoms with van der Waals surface area (Å²) in [6.45, 7) is 3.20. The summed E-state index contributed by atoms with van der Waals surface area (Å²) in [5.74, 6) is 2.51. The van der Waals surface area contributed by atoms with Gasteiger partial charge in [0.1, 0.15) is 11.9 Å². The molecule has 4 bridgehead atoms. The number of fused-ring (bicyclic) bond motifs is 1. The minimum Gasteiger partial charge on any atom is -0.380 e. The number of piperidine rings is 1. The molecule has 1 atom stereocenters. The molecular weight excluding hydrogens is 502 g/mol. The Balaban J connectivity index is 1.05. The largest absolute Gasteiger partial charge is 0.380 e. The van der Waals surface area contributed by atoms with Crippen molar-refractivity contribution in [3.8, 4) is 0 Å². The fraction of sp³-hybridized carbons (Fsp3) is 0.500. The molecule has 1 aliphatic heterocycles. The molecule has 0 spiro atoms. The van der Waals surface area contributed by atoms with Crippen LogP contribution in [0.15, 0.2) is 47.3 Å². The van der Waals surface area contributed by atoms with Gasteiger partial charge in [0.15, 0.2) is 0 Å². The Bertz CT molecular complexity index is 1510. The van der Waals surface area contributed by atoms with Crippen molar-refractivity contribution in [1.82, 2.24) is 20.2 Å². The molecule has 0 radical (unpaired) electrons. The second-order valence-corrected chi connectivity index (χ2v) is 12.7. The van der Waals surface area contributed by atoms with Gasteiger partial charge in [-0.05, 0) is 92.9 Å². The highest BCUT2D eigenvalue weighted by molar-refractivity contribution is 5.99. The molecule has 2 aromatic carbocycles. The van der Waals surface area contributed by atoms with Crippen LogP contribution in [0.3, 0.4) is 0 Å². The molecule has 8 rings (SSSR count). The molecular formula is C32H37N5O3. The summed E-state index contributed by atoms with van der Waals surface area (Å²) >= 11 is 0. The Hall–Kier alpha value is -3.52. The molecule has 5 fully saturated rings. The highest BCUT2D eigenvalue weighted by Crippen LogP contribution is 2.55. The van der Waals surface area contributed by atoms with Crippen LogP contribution in [0.2, 0.25) is 0 Å². The van der Waals surface area contributed by atoms with E-state index in [1.165, 1.54) is 48.7 Å². The van der Waals surface area contributed by atoms with Gasteiger partial charge in [-0.1, -0.05) is 30.3 Å². The fourth-order valence-electron chi connectivity index (χ4n) is 8.39. The molecule has 3 aromatic rings. The Morgan fingerprint density at radius 1 is 0.925 bits per heavy atom. The lowest BCUT2D eigenvalue weighted by molar-refractivity contribution is -0.135. The van der Waals surface area contributed by atoms with Gasteiger partial charge in [-0.3, -0.25) is 24.3 Å². The van der Waals surface area contributed by atoms with Crippen LogP contribution < -0.4 is 21.5 Å². The monoisotopic (exact) mass is 539 g/mol. The molecule has 5 aliphatic rings. The van der Waals surface area contributed by atoms with Crippen molar-refractivity contribution in [3.63, 3.8) is 0 Å². The van der Waals surface area contributed by atoms with E-state index in [-0.39, 0.29) is 24.3 Å². The Labute approximate surface area is 233 Å². The zero-order valence-electron chi connectivity index (χ0n) is 23.0. The van der Waals surface area contributed by atoms with Gasteiger partial charge < -0.3 is 10.6 Å². The number of carbonyl (C=O) groups excluding carboxylic acids is 2. The number of hydrogen-bond acceptors (Lipinski definition) is 6. The predicted octanol–water partition coefficient (Wildman–Crippen LogP) is 4.35. The highest BCUT2D eigenvalue weighted by atomic mass is 16.2. The van der Waals surface area contributed by atoms with Gasteiger partial charge in [0, 0.05) is 30.7 Å². The predicted molar refractivity (Wildman–Crippen MR) is 154 cm³/mol. The van der Waals surface area contributed by atoms with Crippen molar-refractivity contribution in [2.24, 2.45) is 17.8 Å². The van der Waals surface area contributed by atoms with Crippen LogP contribution >= 0.6 is 0 Å². The van der Waals surface area contributed by atoms with Gasteiger partial charge in [-0.25, -0.2) is 4.98 Å². The normalized spacial score (nSPS) is 29.1. The summed E-state index contributed by atoms with van der Waals surface area (Å²) in [7, 11) is 0. The first-order valence-corrected chi connectivity index (χ1v) is 14.8. The number of nitrogens with one attached hydrogen (secondary N) is 3. The first-order chi connectivity index (χ1) is 19.4. The lowest BCUT2D eigenvalue weighted by atomic mass is 9.53. The molecule has 8 nitrogen and oxygen atoms in total. The molecule has 1 unspecified atom stereocenters. The third-order valence-electron chi connectivity index (χ3n) is 9.84. The number of aromatic nitrogens is 2. The smallest absolute Gasteiger partial charge is 0.264 e. The van der Waals surface area contributed by atoms with Crippen LogP contribution in [-0.2, 0) is 22.7 Å². The molecule has 1 saturated heterocycles. The van der Waals surface area contributed by atoms with Crippen LogP contribution in [0, 0.1) is 24.7 Å². The number of carbonyl (C=O) groups is 2. The van der Waals surface area contributed by atoms with E-state index in [2.05, 4.69) is 45.2 Å². The van der Waals surface area contributed by atoms with E-state index in [1.807, 2.05) is 18.2 Å². The van der Waals surface area contributed by atoms with Crippen molar-refractivity contribution in [3.05, 3.63) is 69.8 Å². The van der Waals surface area contributed by atoms with Crippen molar-refractivity contribution in [1.29, 1.82) is 0 Å². The molecule has 2 amide bonds. The van der Waals surface area contributed by atoms with Gasteiger partial charge in [0.2, 0.25) is 11.8 Å². The minimum atomic E-state index is -0.741. The number of amides is 2. The van der Waals surface area contributed by atoms with Crippen molar-refractivity contribution < 1.29 is 9.59 Å². The summed E-state index contributed by atoms with van der Waals surface area (Å²) in [5.41, 5.74) is 3.78. The van der Waals surface area contributed by atoms with Gasteiger partial charge >= 0.3 is 0 Å². The van der Waals surface area contributed by atoms with Crippen molar-refractivity contribution in [2.75, 3.05) is 5.32 Å². The SMILES string of the molecule is Cc1nc2cccc(NCc3ccc(CNC45CC6CC(CC(C6)C4)C5)cc3)c2c(=O)n1C1CCC(=O)NC1=O. The van der Waals surface area contributed by atoms with Crippen LogP contribution in [0.25, 0.3) is 10.9 Å². The number of benzene rings is 2. The number of aryl methyl sites for hydroxylation is 1. The lowest BCUT2D eigenvalue weighted by Crippen LogP contribution is -2.58. The maximum Gasteiger partial charge on any atom is 0.264 e. The molecule has 2 heterocycles. The van der Waals surface area contributed by atoms with E-state index in [0.717, 1.165) is 29.9 Å². The quantitative estimate of drug-likeness (QED) is 0.386. The summed E-state index contributed by atoms with van der Waals surface area (Å²) in [6, 6.07) is 13.5. The topological polar surface area (TPSA) is 105 Å². The zero-order valence-corrected chi connectivity index (χ0v) is 23.0. The third-order valence-corrected chi connectivity index (χ3v) is 9.84. The van der Waals surface area contributed by atoms with Crippen LogP contribution in [0.4, 0.5) is 5.69 Å². The van der Waals surface area contributed by atoms with Crippen molar-refractivity contribution in [2.45, 2.75) is 83.0 Å². The number of imide groups is 1. The highest BCUT2D eigenvalue weighted by Gasteiger charge is 2.50. The van der Waals surface area contributed by atoms with E-state index in [9.17, 15) is 14.4 Å². The average molecular weight is 540 g/mol. The second-order valence-electron chi connectivity index (χ2n) is 12.7. The maximum atomic E-state index is 13.7. The molecule has 40 heavy (non-hydrogen) atoms. The first kappa shape index (κ1) is 25.4. The number of rotatable bonds is 7. The standard InChI is InChI=1S/C32H37N5O3/c1-19-35-26-4-2-3-25(29(26)31(40)37(19)27-9-10-28(38)36-30(27)39)33-17-20-5-7-21(8-6-20)18-34-32-14-22-11-23(15-32)13-24(12-22)16-32/h2-8,22-24,27,33-34H,9-18H2,1H3,(H,36,38,39). The van der Waals surface area contributed by atoms with Crippen molar-refractivity contribution >= 4 is 28.4 Å². The first-order valence-electron chi connectivity index (χ1n) is 14.8. The van der Waals surface area contributed by atoms with Gasteiger partial charge in [-0.15, -0.1) is 0 Å². The molecule has 208 valence electrons. The molecule has 3 N–H and O–H groups in total. The number of hydrogen-bond donors (Lipinski definition) is 3. The van der Waals surface area contributed by atoms with E-state index < -0.39 is 11.9 Å². The summed E-state index contributed by atoms with van der Waals surface area (Å²) in [5, 5.41) is 10.2. The zero-order chi connectivity index (χ0) is 27.4.